The van der Waals surface area contributed by atoms with E-state index in [0.717, 1.165) is 30.0 Å². The van der Waals surface area contributed by atoms with Crippen LogP contribution >= 0.6 is 27.7 Å². The minimum Gasteiger partial charge on any atom is -0.361 e. The molecule has 2 atom stereocenters. The standard InChI is InChI=1S/C10H20BrN3S/c1-8-9(7-11)15-10(13-8)12-5-4-6-14(2)3/h8-9H,4-7H2,1-3H3,(H,12,13). The van der Waals surface area contributed by atoms with Crippen LogP contribution in [0.5, 0.6) is 0 Å². The highest BCUT2D eigenvalue weighted by molar-refractivity contribution is 9.09. The number of halogens is 1. The Labute approximate surface area is 105 Å². The fraction of sp³-hybridized carbons (Fsp3) is 0.900. The number of hydrogen-bond acceptors (Lipinski definition) is 3. The summed E-state index contributed by atoms with van der Waals surface area (Å²) in [6, 6.07) is 0.530. The number of alkyl halides is 1. The molecule has 15 heavy (non-hydrogen) atoms. The molecule has 0 aromatic rings. The monoisotopic (exact) mass is 293 g/mol. The van der Waals surface area contributed by atoms with E-state index in [1.165, 1.54) is 0 Å². The topological polar surface area (TPSA) is 27.6 Å². The molecule has 5 heteroatoms. The molecule has 2 unspecified atom stereocenters. The second-order valence-electron chi connectivity index (χ2n) is 4.09. The SMILES string of the molecule is CC1NC(=NCCCN(C)C)SC1CBr. The van der Waals surface area contributed by atoms with Crippen LogP contribution in [-0.2, 0) is 0 Å². The molecule has 0 aliphatic carbocycles. The smallest absolute Gasteiger partial charge is 0.157 e. The molecule has 3 nitrogen and oxygen atoms in total. The maximum atomic E-state index is 4.56. The van der Waals surface area contributed by atoms with Crippen LogP contribution in [0.15, 0.2) is 4.99 Å². The number of hydrogen-bond donors (Lipinski definition) is 1. The molecular formula is C10H20BrN3S. The van der Waals surface area contributed by atoms with Crippen molar-refractivity contribution in [3.8, 4) is 0 Å². The van der Waals surface area contributed by atoms with Crippen LogP contribution < -0.4 is 5.32 Å². The summed E-state index contributed by atoms with van der Waals surface area (Å²) < 4.78 is 0. The summed E-state index contributed by atoms with van der Waals surface area (Å²) in [6.45, 7) is 4.25. The summed E-state index contributed by atoms with van der Waals surface area (Å²) in [6.07, 6.45) is 1.13. The van der Waals surface area contributed by atoms with Crippen molar-refractivity contribution < 1.29 is 0 Å². The molecule has 0 spiro atoms. The lowest BCUT2D eigenvalue weighted by molar-refractivity contribution is 0.403. The number of nitrogens with one attached hydrogen (secondary N) is 1. The Morgan fingerprint density at radius 2 is 2.27 bits per heavy atom. The second kappa shape index (κ2) is 6.76. The Hall–Kier alpha value is 0.260. The van der Waals surface area contributed by atoms with E-state index in [4.69, 9.17) is 0 Å². The van der Waals surface area contributed by atoms with E-state index in [2.05, 4.69) is 52.2 Å². The third-order valence-corrected chi connectivity index (χ3v) is 4.82. The molecular weight excluding hydrogens is 274 g/mol. The number of amidine groups is 1. The highest BCUT2D eigenvalue weighted by Crippen LogP contribution is 2.24. The molecule has 1 aliphatic rings. The van der Waals surface area contributed by atoms with E-state index in [1.54, 1.807) is 0 Å². The molecule has 0 aromatic heterocycles. The minimum absolute atomic E-state index is 0.530. The van der Waals surface area contributed by atoms with Crippen molar-refractivity contribution in [2.24, 2.45) is 4.99 Å². The third kappa shape index (κ3) is 4.74. The van der Waals surface area contributed by atoms with Crippen LogP contribution in [0.4, 0.5) is 0 Å². The molecule has 0 amide bonds. The summed E-state index contributed by atoms with van der Waals surface area (Å²) in [7, 11) is 4.19. The van der Waals surface area contributed by atoms with E-state index in [9.17, 15) is 0 Å². The lowest BCUT2D eigenvalue weighted by Gasteiger charge is -2.08. The Bertz CT molecular complexity index is 221. The summed E-state index contributed by atoms with van der Waals surface area (Å²) in [4.78, 5) is 6.76. The summed E-state index contributed by atoms with van der Waals surface area (Å²) in [5.41, 5.74) is 0. The van der Waals surface area contributed by atoms with Crippen molar-refractivity contribution in [1.82, 2.24) is 10.2 Å². The van der Waals surface area contributed by atoms with Crippen LogP contribution in [0, 0.1) is 0 Å². The molecule has 0 bridgehead atoms. The van der Waals surface area contributed by atoms with Gasteiger partial charge in [0.15, 0.2) is 5.17 Å². The van der Waals surface area contributed by atoms with Crippen molar-refractivity contribution in [1.29, 1.82) is 0 Å². The Morgan fingerprint density at radius 1 is 1.53 bits per heavy atom. The molecule has 88 valence electrons. The molecule has 1 N–H and O–H groups in total. The van der Waals surface area contributed by atoms with Gasteiger partial charge in [0.05, 0.1) is 0 Å². The van der Waals surface area contributed by atoms with Gasteiger partial charge in [0.1, 0.15) is 0 Å². The summed E-state index contributed by atoms with van der Waals surface area (Å²) in [5.74, 6) is 0. The van der Waals surface area contributed by atoms with Crippen LogP contribution in [0.25, 0.3) is 0 Å². The summed E-state index contributed by atoms with van der Waals surface area (Å²) in [5, 5.41) is 6.18. The van der Waals surface area contributed by atoms with Gasteiger partial charge in [-0.2, -0.15) is 0 Å². The van der Waals surface area contributed by atoms with E-state index in [1.807, 2.05) is 11.8 Å². The normalized spacial score (nSPS) is 28.7. The average Bonchev–Trinajstić information content (AvgIpc) is 2.53. The highest BCUT2D eigenvalue weighted by Gasteiger charge is 2.26. The minimum atomic E-state index is 0.530. The van der Waals surface area contributed by atoms with Gasteiger partial charge in [-0.1, -0.05) is 27.7 Å². The number of nitrogens with zero attached hydrogens (tertiary/aromatic N) is 2. The number of aliphatic imine (C=N–C) groups is 1. The van der Waals surface area contributed by atoms with E-state index < -0.39 is 0 Å². The maximum Gasteiger partial charge on any atom is 0.157 e. The van der Waals surface area contributed by atoms with Crippen LogP contribution in [-0.4, -0.2) is 53.9 Å². The highest BCUT2D eigenvalue weighted by atomic mass is 79.9. The third-order valence-electron chi connectivity index (χ3n) is 2.34. The van der Waals surface area contributed by atoms with E-state index in [0.29, 0.717) is 11.3 Å². The molecule has 1 heterocycles. The average molecular weight is 294 g/mol. The number of thioether (sulfide) groups is 1. The van der Waals surface area contributed by atoms with E-state index in [-0.39, 0.29) is 0 Å². The van der Waals surface area contributed by atoms with Gasteiger partial charge in [0.25, 0.3) is 0 Å². The van der Waals surface area contributed by atoms with E-state index >= 15 is 0 Å². The van der Waals surface area contributed by atoms with Crippen molar-refractivity contribution >= 4 is 32.9 Å². The van der Waals surface area contributed by atoms with Crippen LogP contribution in [0.1, 0.15) is 13.3 Å². The Balaban J connectivity index is 2.24. The second-order valence-corrected chi connectivity index (χ2v) is 5.96. The Morgan fingerprint density at radius 3 is 2.80 bits per heavy atom. The first-order chi connectivity index (χ1) is 7.13. The van der Waals surface area contributed by atoms with Crippen molar-refractivity contribution in [2.45, 2.75) is 24.6 Å². The largest absolute Gasteiger partial charge is 0.361 e. The van der Waals surface area contributed by atoms with Gasteiger partial charge in [-0.15, -0.1) is 0 Å². The fourth-order valence-electron chi connectivity index (χ4n) is 1.38. The predicted octanol–water partition coefficient (Wildman–Crippen LogP) is 1.78. The van der Waals surface area contributed by atoms with Crippen LogP contribution in [0.2, 0.25) is 0 Å². The van der Waals surface area contributed by atoms with Crippen LogP contribution in [0.3, 0.4) is 0 Å². The molecule has 1 aliphatic heterocycles. The zero-order valence-corrected chi connectivity index (χ0v) is 12.1. The molecule has 0 radical (unpaired) electrons. The molecule has 1 rings (SSSR count). The van der Waals surface area contributed by atoms with Gasteiger partial charge in [-0.05, 0) is 34.0 Å². The first-order valence-electron chi connectivity index (χ1n) is 5.32. The zero-order chi connectivity index (χ0) is 11.3. The predicted molar refractivity (Wildman–Crippen MR) is 73.2 cm³/mol. The van der Waals surface area contributed by atoms with Gasteiger partial charge in [-0.3, -0.25) is 4.99 Å². The first kappa shape index (κ1) is 13.3. The zero-order valence-electron chi connectivity index (χ0n) is 9.66. The van der Waals surface area contributed by atoms with Crippen molar-refractivity contribution in [3.05, 3.63) is 0 Å². The Kier molecular flexibility index (Phi) is 6.00. The van der Waals surface area contributed by atoms with Gasteiger partial charge in [0.2, 0.25) is 0 Å². The van der Waals surface area contributed by atoms with Crippen molar-refractivity contribution in [3.63, 3.8) is 0 Å². The van der Waals surface area contributed by atoms with Gasteiger partial charge in [-0.25, -0.2) is 0 Å². The van der Waals surface area contributed by atoms with Gasteiger partial charge in [0, 0.05) is 23.2 Å². The first-order valence-corrected chi connectivity index (χ1v) is 7.32. The molecule has 0 aromatic carbocycles. The quantitative estimate of drug-likeness (QED) is 0.619. The lowest BCUT2D eigenvalue weighted by Crippen LogP contribution is -2.28. The number of rotatable bonds is 5. The molecule has 1 fully saturated rings. The molecule has 0 saturated carbocycles. The summed E-state index contributed by atoms with van der Waals surface area (Å²) >= 11 is 5.38. The van der Waals surface area contributed by atoms with Gasteiger partial charge < -0.3 is 10.2 Å². The molecule has 1 saturated heterocycles. The maximum absolute atomic E-state index is 4.56. The fourth-order valence-corrected chi connectivity index (χ4v) is 3.38. The van der Waals surface area contributed by atoms with Crippen molar-refractivity contribution in [2.75, 3.05) is 32.5 Å². The van der Waals surface area contributed by atoms with Gasteiger partial charge >= 0.3 is 0 Å². The lowest BCUT2D eigenvalue weighted by atomic mass is 10.3.